The molecule has 4 rings (SSSR count). The largest absolute Gasteiger partial charge is 0.379 e. The molecule has 0 spiro atoms. The van der Waals surface area contributed by atoms with Gasteiger partial charge in [0.15, 0.2) is 5.60 Å². The molecule has 2 aromatic carbocycles. The van der Waals surface area contributed by atoms with Crippen LogP contribution in [-0.4, -0.2) is 109 Å². The summed E-state index contributed by atoms with van der Waals surface area (Å²) in [5.74, 6) is -2.15. The van der Waals surface area contributed by atoms with Crippen LogP contribution in [0.1, 0.15) is 65.0 Å². The number of rotatable bonds is 19. The summed E-state index contributed by atoms with van der Waals surface area (Å²) >= 11 is 0. The molecule has 0 unspecified atom stereocenters. The molecule has 0 aliphatic carbocycles. The molecule has 4 atom stereocenters. The van der Waals surface area contributed by atoms with Crippen LogP contribution in [0.2, 0.25) is 0 Å². The Balaban J connectivity index is 1.60. The Morgan fingerprint density at radius 1 is 0.788 bits per heavy atom. The van der Waals surface area contributed by atoms with Crippen LogP contribution in [0.15, 0.2) is 60.7 Å². The van der Waals surface area contributed by atoms with E-state index >= 15 is 0 Å². The summed E-state index contributed by atoms with van der Waals surface area (Å²) in [5.41, 5.74) is 0.598. The van der Waals surface area contributed by atoms with Gasteiger partial charge < -0.3 is 25.4 Å². The smallest absolute Gasteiger partial charge is 0.264 e. The van der Waals surface area contributed by atoms with Crippen molar-refractivity contribution < 1.29 is 33.4 Å². The second kappa shape index (κ2) is 19.6. The fourth-order valence-electron chi connectivity index (χ4n) is 6.18. The minimum absolute atomic E-state index is 0.00859. The Hall–Kier alpha value is -4.13. The van der Waals surface area contributed by atoms with E-state index in [1.165, 1.54) is 0 Å². The summed E-state index contributed by atoms with van der Waals surface area (Å²) in [7, 11) is 0. The zero-order valence-corrected chi connectivity index (χ0v) is 31.4. The van der Waals surface area contributed by atoms with E-state index in [0.717, 1.165) is 22.4 Å². The molecule has 0 bridgehead atoms. The molecule has 0 saturated carbocycles. The Kier molecular flexibility index (Phi) is 15.3. The van der Waals surface area contributed by atoms with Gasteiger partial charge in [0.2, 0.25) is 23.6 Å². The van der Waals surface area contributed by atoms with Crippen LogP contribution in [0.25, 0.3) is 0 Å². The minimum Gasteiger partial charge on any atom is -0.379 e. The zero-order chi connectivity index (χ0) is 37.7. The standard InChI is InChI=1S/C40H57N5O7/c1-28(2)18-19-41-36(47)33(25-31-14-10-7-11-15-31)42-37(48)32(24-29(3)4)43-38(49)34(17-16-30-12-8-6-9-13-30)45(39(50)40(5)27-52-40)35(46)26-44-20-22-51-23-21-44/h6-15,28-29,32-34H,16-27H2,1-5H3,(H,41,47)(H,42,48)(H,43,49)/t32-,33-,34-,40+/m0/s1. The molecule has 284 valence electrons. The Labute approximate surface area is 308 Å². The number of ether oxygens (including phenoxy) is 2. The predicted octanol–water partition coefficient (Wildman–Crippen LogP) is 2.88. The lowest BCUT2D eigenvalue weighted by Gasteiger charge is -2.34. The van der Waals surface area contributed by atoms with Crippen LogP contribution in [0, 0.1) is 11.8 Å². The molecule has 2 aliphatic heterocycles. The highest BCUT2D eigenvalue weighted by atomic mass is 16.6. The van der Waals surface area contributed by atoms with Crippen molar-refractivity contribution in [3.05, 3.63) is 71.8 Å². The number of benzene rings is 2. The van der Waals surface area contributed by atoms with Gasteiger partial charge in [-0.25, -0.2) is 0 Å². The minimum atomic E-state index is -1.22. The van der Waals surface area contributed by atoms with Crippen LogP contribution >= 0.6 is 0 Å². The van der Waals surface area contributed by atoms with Gasteiger partial charge in [0.25, 0.3) is 5.91 Å². The third-order valence-corrected chi connectivity index (χ3v) is 9.42. The molecule has 12 nitrogen and oxygen atoms in total. The van der Waals surface area contributed by atoms with Gasteiger partial charge in [-0.3, -0.25) is 33.8 Å². The molecular weight excluding hydrogens is 662 g/mol. The summed E-state index contributed by atoms with van der Waals surface area (Å²) in [5, 5.41) is 8.79. The first-order chi connectivity index (χ1) is 24.9. The quantitative estimate of drug-likeness (QED) is 0.188. The monoisotopic (exact) mass is 719 g/mol. The van der Waals surface area contributed by atoms with E-state index in [-0.39, 0.29) is 44.2 Å². The highest BCUT2D eigenvalue weighted by Gasteiger charge is 2.53. The van der Waals surface area contributed by atoms with E-state index < -0.39 is 47.4 Å². The fraction of sp³-hybridized carbons (Fsp3) is 0.575. The van der Waals surface area contributed by atoms with Crippen molar-refractivity contribution in [2.45, 2.75) is 90.4 Å². The molecule has 3 N–H and O–H groups in total. The first kappa shape index (κ1) is 40.6. The lowest BCUT2D eigenvalue weighted by atomic mass is 9.98. The van der Waals surface area contributed by atoms with Gasteiger partial charge in [-0.15, -0.1) is 0 Å². The maximum atomic E-state index is 14.5. The molecular formula is C40H57N5O7. The number of carbonyl (C=O) groups excluding carboxylic acids is 5. The molecule has 5 amide bonds. The zero-order valence-electron chi connectivity index (χ0n) is 31.4. The van der Waals surface area contributed by atoms with E-state index in [1.807, 2.05) is 79.4 Å². The molecule has 2 aliphatic rings. The van der Waals surface area contributed by atoms with Gasteiger partial charge in [-0.1, -0.05) is 88.4 Å². The third kappa shape index (κ3) is 12.5. The second-order valence-electron chi connectivity index (χ2n) is 14.9. The molecule has 2 aromatic rings. The molecule has 52 heavy (non-hydrogen) atoms. The molecule has 12 heteroatoms. The Morgan fingerprint density at radius 2 is 1.38 bits per heavy atom. The van der Waals surface area contributed by atoms with Crippen LogP contribution in [0.5, 0.6) is 0 Å². The van der Waals surface area contributed by atoms with Crippen molar-refractivity contribution >= 4 is 29.5 Å². The lowest BCUT2D eigenvalue weighted by Crippen LogP contribution is -2.61. The molecule has 2 saturated heterocycles. The van der Waals surface area contributed by atoms with E-state index in [9.17, 15) is 24.0 Å². The second-order valence-corrected chi connectivity index (χ2v) is 14.9. The summed E-state index contributed by atoms with van der Waals surface area (Å²) in [6.07, 6.45) is 1.86. The highest BCUT2D eigenvalue weighted by molar-refractivity contribution is 6.05. The molecule has 2 fully saturated rings. The first-order valence-electron chi connectivity index (χ1n) is 18.6. The maximum absolute atomic E-state index is 14.5. The number of aryl methyl sites for hydroxylation is 1. The van der Waals surface area contributed by atoms with Gasteiger partial charge in [0.1, 0.15) is 18.1 Å². The third-order valence-electron chi connectivity index (χ3n) is 9.42. The van der Waals surface area contributed by atoms with Crippen molar-refractivity contribution in [3.8, 4) is 0 Å². The van der Waals surface area contributed by atoms with Gasteiger partial charge in [0, 0.05) is 26.1 Å². The number of hydrogen-bond acceptors (Lipinski definition) is 8. The van der Waals surface area contributed by atoms with Crippen LogP contribution < -0.4 is 16.0 Å². The van der Waals surface area contributed by atoms with Crippen molar-refractivity contribution in [2.75, 3.05) is 46.0 Å². The number of epoxide rings is 1. The Morgan fingerprint density at radius 3 is 1.96 bits per heavy atom. The van der Waals surface area contributed by atoms with Gasteiger partial charge in [-0.05, 0) is 55.6 Å². The van der Waals surface area contributed by atoms with Gasteiger partial charge >= 0.3 is 0 Å². The lowest BCUT2D eigenvalue weighted by molar-refractivity contribution is -0.156. The van der Waals surface area contributed by atoms with Gasteiger partial charge in [0.05, 0.1) is 26.4 Å². The summed E-state index contributed by atoms with van der Waals surface area (Å²) in [6.45, 7) is 12.2. The normalized spacial score (nSPS) is 19.0. The highest BCUT2D eigenvalue weighted by Crippen LogP contribution is 2.30. The Bertz CT molecular complexity index is 1480. The van der Waals surface area contributed by atoms with E-state index in [1.54, 1.807) is 6.92 Å². The average Bonchev–Trinajstić information content (AvgIpc) is 3.88. The van der Waals surface area contributed by atoms with Crippen molar-refractivity contribution in [1.29, 1.82) is 0 Å². The molecule has 0 radical (unpaired) electrons. The van der Waals surface area contributed by atoms with E-state index in [4.69, 9.17) is 9.47 Å². The number of morpholine rings is 1. The predicted molar refractivity (Wildman–Crippen MR) is 198 cm³/mol. The number of nitrogens with zero attached hydrogens (tertiary/aromatic N) is 2. The summed E-state index contributed by atoms with van der Waals surface area (Å²) in [4.78, 5) is 73.1. The fourth-order valence-corrected chi connectivity index (χ4v) is 6.18. The van der Waals surface area contributed by atoms with Crippen LogP contribution in [0.4, 0.5) is 0 Å². The van der Waals surface area contributed by atoms with Crippen molar-refractivity contribution in [3.63, 3.8) is 0 Å². The van der Waals surface area contributed by atoms with Crippen LogP contribution in [-0.2, 0) is 46.3 Å². The number of amides is 5. The average molecular weight is 720 g/mol. The summed E-state index contributed by atoms with van der Waals surface area (Å²) < 4.78 is 10.9. The first-order valence-corrected chi connectivity index (χ1v) is 18.6. The maximum Gasteiger partial charge on any atom is 0.264 e. The van der Waals surface area contributed by atoms with Gasteiger partial charge in [-0.2, -0.15) is 0 Å². The number of imide groups is 1. The topological polar surface area (TPSA) is 150 Å². The number of hydrogen-bond donors (Lipinski definition) is 3. The number of carbonyl (C=O) groups is 5. The van der Waals surface area contributed by atoms with E-state index in [2.05, 4.69) is 29.8 Å². The van der Waals surface area contributed by atoms with Crippen LogP contribution in [0.3, 0.4) is 0 Å². The summed E-state index contributed by atoms with van der Waals surface area (Å²) in [6, 6.07) is 15.8. The molecule has 0 aromatic heterocycles. The SMILES string of the molecule is CC(C)CCNC(=O)[C@H](Cc1ccccc1)NC(=O)[C@H](CC(C)C)NC(=O)[C@H](CCc1ccccc1)N(C(=O)CN1CCOCC1)C(=O)[C@@]1(C)CO1. The number of nitrogens with one attached hydrogen (secondary N) is 3. The van der Waals surface area contributed by atoms with Crippen molar-refractivity contribution in [2.24, 2.45) is 11.8 Å². The molecule has 2 heterocycles. The van der Waals surface area contributed by atoms with Crippen molar-refractivity contribution in [1.82, 2.24) is 25.8 Å². The van der Waals surface area contributed by atoms with E-state index in [0.29, 0.717) is 45.2 Å².